The van der Waals surface area contributed by atoms with E-state index in [0.29, 0.717) is 5.69 Å². The third-order valence-electron chi connectivity index (χ3n) is 4.49. The number of nitrogens with two attached hydrogens (primary N) is 1. The van der Waals surface area contributed by atoms with Gasteiger partial charge in [-0.3, -0.25) is 9.89 Å². The van der Waals surface area contributed by atoms with E-state index in [9.17, 15) is 4.79 Å². The number of benzene rings is 2. The standard InChI is InChI=1S/C20H14N6OS/c21-19-15(9-22-10-23-19)20(27)25-13-5-12-8-24-26-18(12)14(7-13)17-6-11-3-1-2-4-16(11)28-17/h1-10H,(H,24,26)(H,25,27)(H2,21,22,23). The zero-order valence-corrected chi connectivity index (χ0v) is 15.3. The highest BCUT2D eigenvalue weighted by molar-refractivity contribution is 7.22. The van der Waals surface area contributed by atoms with Crippen molar-refractivity contribution in [3.05, 3.63) is 66.7 Å². The molecule has 7 nitrogen and oxygen atoms in total. The number of carbonyl (C=O) groups excluding carboxylic acids is 1. The van der Waals surface area contributed by atoms with Gasteiger partial charge in [-0.1, -0.05) is 18.2 Å². The molecule has 5 rings (SSSR count). The van der Waals surface area contributed by atoms with Crippen molar-refractivity contribution < 1.29 is 4.79 Å². The highest BCUT2D eigenvalue weighted by Crippen LogP contribution is 2.38. The molecule has 0 fully saturated rings. The molecule has 0 aliphatic rings. The van der Waals surface area contributed by atoms with Gasteiger partial charge >= 0.3 is 0 Å². The quantitative estimate of drug-likeness (QED) is 0.433. The number of amides is 1. The van der Waals surface area contributed by atoms with Crippen molar-refractivity contribution in [2.24, 2.45) is 0 Å². The van der Waals surface area contributed by atoms with E-state index in [-0.39, 0.29) is 17.3 Å². The van der Waals surface area contributed by atoms with Gasteiger partial charge in [-0.05, 0) is 29.7 Å². The van der Waals surface area contributed by atoms with Crippen molar-refractivity contribution in [1.29, 1.82) is 0 Å². The number of carbonyl (C=O) groups is 1. The number of H-pyrrole nitrogens is 1. The van der Waals surface area contributed by atoms with Crippen LogP contribution in [0.15, 0.2) is 61.2 Å². The van der Waals surface area contributed by atoms with Crippen molar-refractivity contribution in [2.45, 2.75) is 0 Å². The Morgan fingerprint density at radius 1 is 1.11 bits per heavy atom. The lowest BCUT2D eigenvalue weighted by atomic mass is 10.1. The fraction of sp³-hybridized carbons (Fsp3) is 0. The van der Waals surface area contributed by atoms with Crippen LogP contribution >= 0.6 is 11.3 Å². The normalized spacial score (nSPS) is 11.1. The van der Waals surface area contributed by atoms with Gasteiger partial charge in [-0.25, -0.2) is 9.97 Å². The van der Waals surface area contributed by atoms with Crippen LogP contribution in [0.4, 0.5) is 11.5 Å². The first kappa shape index (κ1) is 16.4. The summed E-state index contributed by atoms with van der Waals surface area (Å²) in [5, 5.41) is 12.2. The van der Waals surface area contributed by atoms with E-state index < -0.39 is 0 Å². The van der Waals surface area contributed by atoms with Crippen LogP contribution in [0.25, 0.3) is 31.4 Å². The Morgan fingerprint density at radius 2 is 2.00 bits per heavy atom. The van der Waals surface area contributed by atoms with E-state index in [1.165, 1.54) is 22.6 Å². The van der Waals surface area contributed by atoms with Crippen LogP contribution in [-0.4, -0.2) is 26.1 Å². The Bertz CT molecular complexity index is 1310. The number of rotatable bonds is 3. The zero-order chi connectivity index (χ0) is 19.1. The molecule has 0 atom stereocenters. The van der Waals surface area contributed by atoms with Crippen molar-refractivity contribution in [2.75, 3.05) is 11.1 Å². The summed E-state index contributed by atoms with van der Waals surface area (Å²) in [7, 11) is 0. The van der Waals surface area contributed by atoms with Gasteiger partial charge < -0.3 is 11.1 Å². The number of anilines is 2. The maximum atomic E-state index is 12.6. The number of nitrogens with zero attached hydrogens (tertiary/aromatic N) is 3. The Hall–Kier alpha value is -3.78. The van der Waals surface area contributed by atoms with E-state index in [1.54, 1.807) is 17.5 Å². The molecule has 136 valence electrons. The molecule has 0 saturated heterocycles. The molecular formula is C20H14N6OS. The molecule has 0 aliphatic heterocycles. The average Bonchev–Trinajstić information content (AvgIpc) is 3.34. The van der Waals surface area contributed by atoms with Crippen LogP contribution in [0.3, 0.4) is 0 Å². The number of aromatic amines is 1. The number of nitrogens with one attached hydrogen (secondary N) is 2. The minimum Gasteiger partial charge on any atom is -0.383 e. The summed E-state index contributed by atoms with van der Waals surface area (Å²) < 4.78 is 1.20. The number of fused-ring (bicyclic) bond motifs is 2. The Labute approximate surface area is 163 Å². The molecule has 2 aromatic carbocycles. The molecule has 0 unspecified atom stereocenters. The van der Waals surface area contributed by atoms with E-state index in [4.69, 9.17) is 5.73 Å². The topological polar surface area (TPSA) is 110 Å². The average molecular weight is 386 g/mol. The first-order valence-corrected chi connectivity index (χ1v) is 9.33. The number of hydrogen-bond donors (Lipinski definition) is 3. The van der Waals surface area contributed by atoms with Gasteiger partial charge in [-0.15, -0.1) is 11.3 Å². The molecule has 3 heterocycles. The van der Waals surface area contributed by atoms with Crippen LogP contribution < -0.4 is 11.1 Å². The maximum Gasteiger partial charge on any atom is 0.260 e. The molecule has 3 aromatic heterocycles. The zero-order valence-electron chi connectivity index (χ0n) is 14.5. The first-order chi connectivity index (χ1) is 13.7. The van der Waals surface area contributed by atoms with Crippen LogP contribution in [0.1, 0.15) is 10.4 Å². The van der Waals surface area contributed by atoms with Crippen LogP contribution in [0, 0.1) is 0 Å². The van der Waals surface area contributed by atoms with E-state index in [0.717, 1.165) is 21.3 Å². The molecule has 0 radical (unpaired) electrons. The van der Waals surface area contributed by atoms with E-state index in [2.05, 4.69) is 43.7 Å². The SMILES string of the molecule is Nc1ncncc1C(=O)Nc1cc(-c2cc3ccccc3s2)c2[nH]ncc2c1. The Morgan fingerprint density at radius 3 is 2.86 bits per heavy atom. The summed E-state index contributed by atoms with van der Waals surface area (Å²) in [4.78, 5) is 21.4. The number of nitrogen functional groups attached to an aromatic ring is 1. The van der Waals surface area contributed by atoms with Crippen molar-refractivity contribution >= 4 is 49.7 Å². The van der Waals surface area contributed by atoms with E-state index >= 15 is 0 Å². The lowest BCUT2D eigenvalue weighted by Crippen LogP contribution is -2.15. The summed E-state index contributed by atoms with van der Waals surface area (Å²) in [6, 6.07) is 14.2. The van der Waals surface area contributed by atoms with Crippen molar-refractivity contribution in [1.82, 2.24) is 20.2 Å². The van der Waals surface area contributed by atoms with Crippen LogP contribution in [-0.2, 0) is 0 Å². The highest BCUT2D eigenvalue weighted by Gasteiger charge is 2.15. The van der Waals surface area contributed by atoms with Gasteiger partial charge in [0.15, 0.2) is 0 Å². The largest absolute Gasteiger partial charge is 0.383 e. The minimum absolute atomic E-state index is 0.140. The maximum absolute atomic E-state index is 12.6. The molecule has 0 bridgehead atoms. The second kappa shape index (κ2) is 6.43. The third kappa shape index (κ3) is 2.76. The van der Waals surface area contributed by atoms with E-state index in [1.807, 2.05) is 24.3 Å². The fourth-order valence-corrected chi connectivity index (χ4v) is 4.24. The summed E-state index contributed by atoms with van der Waals surface area (Å²) in [6.07, 6.45) is 4.45. The highest BCUT2D eigenvalue weighted by atomic mass is 32.1. The number of hydrogen-bond acceptors (Lipinski definition) is 6. The van der Waals surface area contributed by atoms with Gasteiger partial charge in [0, 0.05) is 32.4 Å². The van der Waals surface area contributed by atoms with Gasteiger partial charge in [0.25, 0.3) is 5.91 Å². The predicted octanol–water partition coefficient (Wildman–Crippen LogP) is 4.07. The summed E-state index contributed by atoms with van der Waals surface area (Å²) in [5.41, 5.74) is 8.57. The van der Waals surface area contributed by atoms with Gasteiger partial charge in [0.1, 0.15) is 17.7 Å². The van der Waals surface area contributed by atoms with Crippen molar-refractivity contribution in [3.63, 3.8) is 0 Å². The minimum atomic E-state index is -0.358. The molecule has 1 amide bonds. The molecule has 28 heavy (non-hydrogen) atoms. The molecular weight excluding hydrogens is 372 g/mol. The Balaban J connectivity index is 1.60. The second-order valence-corrected chi connectivity index (χ2v) is 7.37. The van der Waals surface area contributed by atoms with Crippen LogP contribution in [0.2, 0.25) is 0 Å². The summed E-state index contributed by atoms with van der Waals surface area (Å²) >= 11 is 1.69. The number of aromatic nitrogens is 4. The monoisotopic (exact) mass is 386 g/mol. The molecule has 5 aromatic rings. The molecule has 0 saturated carbocycles. The molecule has 0 spiro atoms. The lowest BCUT2D eigenvalue weighted by Gasteiger charge is -2.09. The summed E-state index contributed by atoms with van der Waals surface area (Å²) in [5.74, 6) is -0.218. The predicted molar refractivity (Wildman–Crippen MR) is 111 cm³/mol. The van der Waals surface area contributed by atoms with Crippen LogP contribution in [0.5, 0.6) is 0 Å². The Kier molecular flexibility index (Phi) is 3.77. The first-order valence-electron chi connectivity index (χ1n) is 8.52. The summed E-state index contributed by atoms with van der Waals surface area (Å²) in [6.45, 7) is 0. The second-order valence-electron chi connectivity index (χ2n) is 6.28. The van der Waals surface area contributed by atoms with Gasteiger partial charge in [-0.2, -0.15) is 5.10 Å². The van der Waals surface area contributed by atoms with Crippen molar-refractivity contribution in [3.8, 4) is 10.4 Å². The third-order valence-corrected chi connectivity index (χ3v) is 5.63. The lowest BCUT2D eigenvalue weighted by molar-refractivity contribution is 0.102. The smallest absolute Gasteiger partial charge is 0.260 e. The molecule has 8 heteroatoms. The van der Waals surface area contributed by atoms with Gasteiger partial charge in [0.05, 0.1) is 11.7 Å². The molecule has 4 N–H and O–H groups in total. The molecule has 0 aliphatic carbocycles. The number of thiophene rings is 1. The van der Waals surface area contributed by atoms with Gasteiger partial charge in [0.2, 0.25) is 0 Å². The fourth-order valence-electron chi connectivity index (χ4n) is 3.15.